The fourth-order valence-corrected chi connectivity index (χ4v) is 1.40. The number of anilines is 1. The molecule has 2 nitrogen and oxygen atoms in total. The second-order valence-electron chi connectivity index (χ2n) is 4.15. The van der Waals surface area contributed by atoms with Crippen LogP contribution in [0.25, 0.3) is 0 Å². The second kappa shape index (κ2) is 5.38. The highest BCUT2D eigenvalue weighted by Crippen LogP contribution is 2.17. The standard InChI is InChI=1S/C12H18ClNO/c1-12(2,15-3)7-8-14-11-6-4-5-10(13)9-11/h4-6,9,14H,7-8H2,1-3H3. The zero-order valence-corrected chi connectivity index (χ0v) is 10.3. The van der Waals surface area contributed by atoms with E-state index in [0.29, 0.717) is 0 Å². The van der Waals surface area contributed by atoms with Gasteiger partial charge in [-0.25, -0.2) is 0 Å². The Morgan fingerprint density at radius 1 is 1.40 bits per heavy atom. The number of rotatable bonds is 5. The molecule has 1 aromatic rings. The summed E-state index contributed by atoms with van der Waals surface area (Å²) < 4.78 is 5.33. The predicted octanol–water partition coefficient (Wildman–Crippen LogP) is 3.57. The van der Waals surface area contributed by atoms with Crippen LogP contribution in [0.3, 0.4) is 0 Å². The maximum absolute atomic E-state index is 5.88. The van der Waals surface area contributed by atoms with E-state index in [1.54, 1.807) is 7.11 Å². The Labute approximate surface area is 96.6 Å². The van der Waals surface area contributed by atoms with Gasteiger partial charge in [0.2, 0.25) is 0 Å². The van der Waals surface area contributed by atoms with Gasteiger partial charge in [-0.3, -0.25) is 0 Å². The Morgan fingerprint density at radius 3 is 2.73 bits per heavy atom. The smallest absolute Gasteiger partial charge is 0.0639 e. The van der Waals surface area contributed by atoms with E-state index in [2.05, 4.69) is 19.2 Å². The highest BCUT2D eigenvalue weighted by Gasteiger charge is 2.14. The van der Waals surface area contributed by atoms with Crippen molar-refractivity contribution in [2.45, 2.75) is 25.9 Å². The largest absolute Gasteiger partial charge is 0.385 e. The van der Waals surface area contributed by atoms with Crippen molar-refractivity contribution in [1.82, 2.24) is 0 Å². The fourth-order valence-electron chi connectivity index (χ4n) is 1.21. The van der Waals surface area contributed by atoms with Crippen molar-refractivity contribution >= 4 is 17.3 Å². The molecule has 0 atom stereocenters. The minimum atomic E-state index is -0.0778. The minimum absolute atomic E-state index is 0.0778. The molecule has 0 heterocycles. The molecule has 3 heteroatoms. The van der Waals surface area contributed by atoms with E-state index >= 15 is 0 Å². The first kappa shape index (κ1) is 12.3. The van der Waals surface area contributed by atoms with E-state index in [4.69, 9.17) is 16.3 Å². The molecule has 0 fully saturated rings. The molecule has 84 valence electrons. The molecule has 0 saturated heterocycles. The summed E-state index contributed by atoms with van der Waals surface area (Å²) in [5.74, 6) is 0. The highest BCUT2D eigenvalue weighted by molar-refractivity contribution is 6.30. The quantitative estimate of drug-likeness (QED) is 0.831. The molecule has 1 N–H and O–H groups in total. The molecule has 0 aliphatic heterocycles. The molecule has 0 radical (unpaired) electrons. The maximum Gasteiger partial charge on any atom is 0.0639 e. The third kappa shape index (κ3) is 4.54. The van der Waals surface area contributed by atoms with Gasteiger partial charge in [0, 0.05) is 24.4 Å². The zero-order chi connectivity index (χ0) is 11.3. The van der Waals surface area contributed by atoms with E-state index < -0.39 is 0 Å². The van der Waals surface area contributed by atoms with Crippen LogP contribution in [0.1, 0.15) is 20.3 Å². The van der Waals surface area contributed by atoms with Gasteiger partial charge in [-0.05, 0) is 38.5 Å². The number of hydrogen-bond acceptors (Lipinski definition) is 2. The summed E-state index contributed by atoms with van der Waals surface area (Å²) >= 11 is 5.88. The van der Waals surface area contributed by atoms with Crippen LogP contribution in [-0.4, -0.2) is 19.3 Å². The minimum Gasteiger partial charge on any atom is -0.385 e. The Kier molecular flexibility index (Phi) is 4.43. The molecule has 0 aliphatic rings. The molecule has 1 aromatic carbocycles. The van der Waals surface area contributed by atoms with Crippen molar-refractivity contribution in [3.05, 3.63) is 29.3 Å². The van der Waals surface area contributed by atoms with Crippen LogP contribution in [0.15, 0.2) is 24.3 Å². The first-order chi connectivity index (χ1) is 7.03. The van der Waals surface area contributed by atoms with Gasteiger partial charge in [-0.1, -0.05) is 17.7 Å². The van der Waals surface area contributed by atoms with Gasteiger partial charge in [-0.15, -0.1) is 0 Å². The fraction of sp³-hybridized carbons (Fsp3) is 0.500. The van der Waals surface area contributed by atoms with Crippen LogP contribution in [0.4, 0.5) is 5.69 Å². The third-order valence-corrected chi connectivity index (χ3v) is 2.67. The first-order valence-electron chi connectivity index (χ1n) is 5.08. The molecule has 0 saturated carbocycles. The monoisotopic (exact) mass is 227 g/mol. The number of hydrogen-bond donors (Lipinski definition) is 1. The van der Waals surface area contributed by atoms with Crippen LogP contribution < -0.4 is 5.32 Å². The average Bonchev–Trinajstić information content (AvgIpc) is 2.18. The number of nitrogens with one attached hydrogen (secondary N) is 1. The van der Waals surface area contributed by atoms with E-state index in [-0.39, 0.29) is 5.60 Å². The van der Waals surface area contributed by atoms with Crippen molar-refractivity contribution in [3.8, 4) is 0 Å². The van der Waals surface area contributed by atoms with Crippen LogP contribution in [-0.2, 0) is 4.74 Å². The molecule has 0 unspecified atom stereocenters. The summed E-state index contributed by atoms with van der Waals surface area (Å²) in [5, 5.41) is 4.07. The van der Waals surface area contributed by atoms with Crippen LogP contribution in [0.5, 0.6) is 0 Å². The number of ether oxygens (including phenoxy) is 1. The molecule has 0 spiro atoms. The van der Waals surface area contributed by atoms with Crippen molar-refractivity contribution in [2.24, 2.45) is 0 Å². The molecule has 0 bridgehead atoms. The maximum atomic E-state index is 5.88. The Bertz CT molecular complexity index is 312. The van der Waals surface area contributed by atoms with Gasteiger partial charge in [-0.2, -0.15) is 0 Å². The van der Waals surface area contributed by atoms with Crippen molar-refractivity contribution < 1.29 is 4.74 Å². The topological polar surface area (TPSA) is 21.3 Å². The molecule has 0 aromatic heterocycles. The normalized spacial score (nSPS) is 11.5. The lowest BCUT2D eigenvalue weighted by atomic mass is 10.1. The van der Waals surface area contributed by atoms with Gasteiger partial charge in [0.25, 0.3) is 0 Å². The number of methoxy groups -OCH3 is 1. The molecule has 0 amide bonds. The first-order valence-corrected chi connectivity index (χ1v) is 5.46. The summed E-state index contributed by atoms with van der Waals surface area (Å²) in [6.07, 6.45) is 0.954. The van der Waals surface area contributed by atoms with Crippen molar-refractivity contribution in [3.63, 3.8) is 0 Å². The van der Waals surface area contributed by atoms with E-state index in [1.807, 2.05) is 24.3 Å². The van der Waals surface area contributed by atoms with Crippen LogP contribution in [0, 0.1) is 0 Å². The molecule has 0 aliphatic carbocycles. The predicted molar refractivity (Wildman–Crippen MR) is 65.6 cm³/mol. The average molecular weight is 228 g/mol. The van der Waals surface area contributed by atoms with Gasteiger partial charge in [0.15, 0.2) is 0 Å². The van der Waals surface area contributed by atoms with Crippen LogP contribution in [0.2, 0.25) is 5.02 Å². The van der Waals surface area contributed by atoms with E-state index in [9.17, 15) is 0 Å². The van der Waals surface area contributed by atoms with Gasteiger partial charge in [0.05, 0.1) is 5.60 Å². The van der Waals surface area contributed by atoms with Gasteiger partial charge >= 0.3 is 0 Å². The summed E-state index contributed by atoms with van der Waals surface area (Å²) in [7, 11) is 1.74. The van der Waals surface area contributed by atoms with Gasteiger partial charge in [0.1, 0.15) is 0 Å². The molecule has 1 rings (SSSR count). The lowest BCUT2D eigenvalue weighted by Gasteiger charge is -2.23. The summed E-state index contributed by atoms with van der Waals surface area (Å²) in [6.45, 7) is 5.03. The summed E-state index contributed by atoms with van der Waals surface area (Å²) in [4.78, 5) is 0. The SMILES string of the molecule is COC(C)(C)CCNc1cccc(Cl)c1. The van der Waals surface area contributed by atoms with Crippen molar-refractivity contribution in [1.29, 1.82) is 0 Å². The van der Waals surface area contributed by atoms with E-state index in [1.165, 1.54) is 0 Å². The molecular weight excluding hydrogens is 210 g/mol. The van der Waals surface area contributed by atoms with E-state index in [0.717, 1.165) is 23.7 Å². The highest BCUT2D eigenvalue weighted by atomic mass is 35.5. The summed E-state index contributed by atoms with van der Waals surface area (Å²) in [6, 6.07) is 7.73. The molecular formula is C12H18ClNO. The van der Waals surface area contributed by atoms with Gasteiger partial charge < -0.3 is 10.1 Å². The Morgan fingerprint density at radius 2 is 2.13 bits per heavy atom. The Hall–Kier alpha value is -0.730. The van der Waals surface area contributed by atoms with Crippen LogP contribution >= 0.6 is 11.6 Å². The molecule has 15 heavy (non-hydrogen) atoms. The second-order valence-corrected chi connectivity index (χ2v) is 4.59. The van der Waals surface area contributed by atoms with Crippen molar-refractivity contribution in [2.75, 3.05) is 19.0 Å². The lowest BCUT2D eigenvalue weighted by molar-refractivity contribution is 0.0185. The lowest BCUT2D eigenvalue weighted by Crippen LogP contribution is -2.25. The number of benzene rings is 1. The Balaban J connectivity index is 2.38. The third-order valence-electron chi connectivity index (χ3n) is 2.43. The summed E-state index contributed by atoms with van der Waals surface area (Å²) in [5.41, 5.74) is 0.973. The zero-order valence-electron chi connectivity index (χ0n) is 9.51. The number of halogens is 1.